The molecule has 0 spiro atoms. The van der Waals surface area contributed by atoms with Crippen LogP contribution < -0.4 is 10.6 Å². The molecule has 1 aromatic rings. The van der Waals surface area contributed by atoms with Crippen molar-refractivity contribution in [1.82, 2.24) is 20.2 Å². The Balaban J connectivity index is 2.37. The van der Waals surface area contributed by atoms with Gasteiger partial charge in [0.15, 0.2) is 0 Å². The molecule has 6 nitrogen and oxygen atoms in total. The number of amides is 1. The van der Waals surface area contributed by atoms with Crippen LogP contribution in [0, 0.1) is 0 Å². The SMILES string of the molecule is CCCN(CC)CCNC(=O)c1cnc(NC)cn1. The van der Waals surface area contributed by atoms with E-state index in [-0.39, 0.29) is 5.91 Å². The van der Waals surface area contributed by atoms with Crippen LogP contribution in [0.25, 0.3) is 0 Å². The topological polar surface area (TPSA) is 70.2 Å². The highest BCUT2D eigenvalue weighted by atomic mass is 16.1. The number of nitrogens with zero attached hydrogens (tertiary/aromatic N) is 3. The first-order chi connectivity index (χ1) is 9.21. The van der Waals surface area contributed by atoms with E-state index in [1.165, 1.54) is 6.20 Å². The summed E-state index contributed by atoms with van der Waals surface area (Å²) in [4.78, 5) is 22.2. The summed E-state index contributed by atoms with van der Waals surface area (Å²) in [5.74, 6) is 0.472. The lowest BCUT2D eigenvalue weighted by molar-refractivity contribution is 0.0943. The number of likely N-dealkylation sites (N-methyl/N-ethyl adjacent to an activating group) is 1. The van der Waals surface area contributed by atoms with Crippen molar-refractivity contribution >= 4 is 11.7 Å². The molecule has 6 heteroatoms. The van der Waals surface area contributed by atoms with E-state index in [4.69, 9.17) is 0 Å². The van der Waals surface area contributed by atoms with E-state index in [2.05, 4.69) is 39.3 Å². The molecule has 1 amide bonds. The van der Waals surface area contributed by atoms with Gasteiger partial charge in [0.25, 0.3) is 5.91 Å². The summed E-state index contributed by atoms with van der Waals surface area (Å²) in [5, 5.41) is 5.72. The molecule has 0 fully saturated rings. The molecule has 106 valence electrons. The maximum Gasteiger partial charge on any atom is 0.271 e. The summed E-state index contributed by atoms with van der Waals surface area (Å²) in [6.07, 6.45) is 4.15. The molecule has 0 aliphatic rings. The van der Waals surface area contributed by atoms with E-state index in [1.807, 2.05) is 0 Å². The van der Waals surface area contributed by atoms with Crippen molar-refractivity contribution in [2.45, 2.75) is 20.3 Å². The summed E-state index contributed by atoms with van der Waals surface area (Å²) in [5.41, 5.74) is 0.345. The molecule has 0 saturated carbocycles. The average Bonchev–Trinajstić information content (AvgIpc) is 2.46. The Kier molecular flexibility index (Phi) is 6.81. The molecule has 19 heavy (non-hydrogen) atoms. The Morgan fingerprint density at radius 2 is 2.05 bits per heavy atom. The van der Waals surface area contributed by atoms with Crippen molar-refractivity contribution in [1.29, 1.82) is 0 Å². The Labute approximate surface area is 114 Å². The van der Waals surface area contributed by atoms with Gasteiger partial charge in [-0.15, -0.1) is 0 Å². The fraction of sp³-hybridized carbons (Fsp3) is 0.615. The van der Waals surface area contributed by atoms with Gasteiger partial charge in [-0.2, -0.15) is 0 Å². The van der Waals surface area contributed by atoms with Crippen LogP contribution in [0.2, 0.25) is 0 Å². The third-order valence-electron chi connectivity index (χ3n) is 2.84. The zero-order chi connectivity index (χ0) is 14.1. The normalized spacial score (nSPS) is 10.5. The third-order valence-corrected chi connectivity index (χ3v) is 2.84. The van der Waals surface area contributed by atoms with Crippen LogP contribution in [0.1, 0.15) is 30.8 Å². The number of carbonyl (C=O) groups is 1. The van der Waals surface area contributed by atoms with Gasteiger partial charge in [-0.1, -0.05) is 13.8 Å². The summed E-state index contributed by atoms with van der Waals surface area (Å²) in [7, 11) is 1.76. The molecule has 0 aromatic carbocycles. The molecule has 0 unspecified atom stereocenters. The lowest BCUT2D eigenvalue weighted by Gasteiger charge is -2.19. The molecule has 0 radical (unpaired) electrons. The summed E-state index contributed by atoms with van der Waals surface area (Å²) >= 11 is 0. The zero-order valence-electron chi connectivity index (χ0n) is 11.9. The van der Waals surface area contributed by atoms with E-state index in [9.17, 15) is 4.79 Å². The highest BCUT2D eigenvalue weighted by Gasteiger charge is 2.08. The highest BCUT2D eigenvalue weighted by molar-refractivity contribution is 5.91. The molecule has 0 atom stereocenters. The molecule has 1 rings (SSSR count). The summed E-state index contributed by atoms with van der Waals surface area (Å²) in [6, 6.07) is 0. The maximum absolute atomic E-state index is 11.8. The van der Waals surface area contributed by atoms with E-state index >= 15 is 0 Å². The maximum atomic E-state index is 11.8. The monoisotopic (exact) mass is 265 g/mol. The van der Waals surface area contributed by atoms with Gasteiger partial charge in [0.1, 0.15) is 11.5 Å². The van der Waals surface area contributed by atoms with Crippen molar-refractivity contribution < 1.29 is 4.79 Å². The average molecular weight is 265 g/mol. The van der Waals surface area contributed by atoms with Crippen LogP contribution in [0.5, 0.6) is 0 Å². The van der Waals surface area contributed by atoms with E-state index < -0.39 is 0 Å². The van der Waals surface area contributed by atoms with Crippen molar-refractivity contribution in [3.8, 4) is 0 Å². The minimum atomic E-state index is -0.178. The van der Waals surface area contributed by atoms with Crippen molar-refractivity contribution in [3.05, 3.63) is 18.1 Å². The first kappa shape index (κ1) is 15.4. The first-order valence-corrected chi connectivity index (χ1v) is 6.71. The quantitative estimate of drug-likeness (QED) is 0.733. The fourth-order valence-corrected chi connectivity index (χ4v) is 1.74. The number of aromatic nitrogens is 2. The van der Waals surface area contributed by atoms with Crippen LogP contribution in [0.15, 0.2) is 12.4 Å². The zero-order valence-corrected chi connectivity index (χ0v) is 11.9. The summed E-state index contributed by atoms with van der Waals surface area (Å²) in [6.45, 7) is 7.82. The second-order valence-electron chi connectivity index (χ2n) is 4.23. The highest BCUT2D eigenvalue weighted by Crippen LogP contribution is 1.99. The smallest absolute Gasteiger partial charge is 0.271 e. The number of anilines is 1. The molecule has 2 N–H and O–H groups in total. The lowest BCUT2D eigenvalue weighted by Crippen LogP contribution is -2.35. The van der Waals surface area contributed by atoms with Crippen molar-refractivity contribution in [3.63, 3.8) is 0 Å². The fourth-order valence-electron chi connectivity index (χ4n) is 1.74. The molecular formula is C13H23N5O. The molecule has 0 aliphatic heterocycles. The third kappa shape index (κ3) is 5.21. The number of nitrogens with one attached hydrogen (secondary N) is 2. The molecule has 0 saturated heterocycles. The van der Waals surface area contributed by atoms with E-state index in [0.717, 1.165) is 26.1 Å². The standard InChI is InChI=1S/C13H23N5O/c1-4-7-18(5-2)8-6-15-13(19)11-9-17-12(14-3)10-16-11/h9-10H,4-8H2,1-3H3,(H,14,17)(H,15,19). The van der Waals surface area contributed by atoms with E-state index in [0.29, 0.717) is 18.1 Å². The number of rotatable bonds is 8. The lowest BCUT2D eigenvalue weighted by atomic mass is 10.3. The molecular weight excluding hydrogens is 242 g/mol. The number of carbonyl (C=O) groups excluding carboxylic acids is 1. The predicted octanol–water partition coefficient (Wildman–Crippen LogP) is 0.980. The molecule has 0 aliphatic carbocycles. The van der Waals surface area contributed by atoms with Gasteiger partial charge in [0.2, 0.25) is 0 Å². The van der Waals surface area contributed by atoms with Crippen LogP contribution in [-0.4, -0.2) is 54.0 Å². The van der Waals surface area contributed by atoms with Crippen molar-refractivity contribution in [2.24, 2.45) is 0 Å². The summed E-state index contributed by atoms with van der Waals surface area (Å²) < 4.78 is 0. The predicted molar refractivity (Wildman–Crippen MR) is 76.3 cm³/mol. The van der Waals surface area contributed by atoms with Crippen LogP contribution in [-0.2, 0) is 0 Å². The van der Waals surface area contributed by atoms with Crippen molar-refractivity contribution in [2.75, 3.05) is 38.5 Å². The van der Waals surface area contributed by atoms with Gasteiger partial charge in [-0.25, -0.2) is 9.97 Å². The minimum absolute atomic E-state index is 0.178. The second-order valence-corrected chi connectivity index (χ2v) is 4.23. The Morgan fingerprint density at radius 3 is 2.58 bits per heavy atom. The second kappa shape index (κ2) is 8.42. The van der Waals surface area contributed by atoms with Gasteiger partial charge in [0, 0.05) is 20.1 Å². The van der Waals surface area contributed by atoms with Crippen LogP contribution >= 0.6 is 0 Å². The minimum Gasteiger partial charge on any atom is -0.372 e. The Hall–Kier alpha value is -1.69. The Bertz CT molecular complexity index is 379. The molecule has 1 heterocycles. The first-order valence-electron chi connectivity index (χ1n) is 6.71. The van der Waals surface area contributed by atoms with Gasteiger partial charge in [-0.3, -0.25) is 4.79 Å². The Morgan fingerprint density at radius 1 is 1.26 bits per heavy atom. The number of hydrogen-bond donors (Lipinski definition) is 2. The van der Waals surface area contributed by atoms with Gasteiger partial charge in [0.05, 0.1) is 12.4 Å². The molecule has 1 aromatic heterocycles. The van der Waals surface area contributed by atoms with Crippen LogP contribution in [0.4, 0.5) is 5.82 Å². The van der Waals surface area contributed by atoms with Gasteiger partial charge < -0.3 is 15.5 Å². The largest absolute Gasteiger partial charge is 0.372 e. The van der Waals surface area contributed by atoms with Gasteiger partial charge >= 0.3 is 0 Å². The van der Waals surface area contributed by atoms with Gasteiger partial charge in [-0.05, 0) is 19.5 Å². The van der Waals surface area contributed by atoms with Crippen LogP contribution in [0.3, 0.4) is 0 Å². The number of hydrogen-bond acceptors (Lipinski definition) is 5. The van der Waals surface area contributed by atoms with E-state index in [1.54, 1.807) is 13.2 Å². The molecule has 0 bridgehead atoms.